The van der Waals surface area contributed by atoms with Crippen LogP contribution in [0.15, 0.2) is 65.3 Å². The predicted octanol–water partition coefficient (Wildman–Crippen LogP) is 4.49. The molecule has 0 fully saturated rings. The molecule has 1 aromatic heterocycles. The SMILES string of the molecule is c1coc(C2Nc3ccccc3N3CCc4cccc2c43)c1. The molecule has 0 aliphatic carbocycles. The summed E-state index contributed by atoms with van der Waals surface area (Å²) in [6.45, 7) is 1.04. The highest BCUT2D eigenvalue weighted by Crippen LogP contribution is 2.47. The number of para-hydroxylation sites is 3. The molecule has 0 amide bonds. The molecule has 1 atom stereocenters. The number of benzene rings is 2. The second kappa shape index (κ2) is 4.41. The van der Waals surface area contributed by atoms with Crippen molar-refractivity contribution < 1.29 is 4.42 Å². The van der Waals surface area contributed by atoms with Gasteiger partial charge >= 0.3 is 0 Å². The van der Waals surface area contributed by atoms with Crippen LogP contribution < -0.4 is 10.2 Å². The van der Waals surface area contributed by atoms with E-state index in [0.717, 1.165) is 24.4 Å². The maximum absolute atomic E-state index is 5.71. The molecule has 0 saturated carbocycles. The first-order valence-electron chi connectivity index (χ1n) is 7.70. The van der Waals surface area contributed by atoms with Crippen LogP contribution in [0.5, 0.6) is 0 Å². The first-order valence-corrected chi connectivity index (χ1v) is 7.70. The van der Waals surface area contributed by atoms with Gasteiger partial charge in [0, 0.05) is 12.1 Å². The Morgan fingerprint density at radius 1 is 1.00 bits per heavy atom. The quantitative estimate of drug-likeness (QED) is 0.715. The van der Waals surface area contributed by atoms with E-state index in [1.165, 1.54) is 22.5 Å². The van der Waals surface area contributed by atoms with Crippen molar-refractivity contribution in [3.05, 3.63) is 77.7 Å². The number of hydrogen-bond donors (Lipinski definition) is 1. The lowest BCUT2D eigenvalue weighted by Gasteiger charge is -2.21. The minimum atomic E-state index is 0.0502. The van der Waals surface area contributed by atoms with Gasteiger partial charge in [-0.05, 0) is 36.2 Å². The lowest BCUT2D eigenvalue weighted by molar-refractivity contribution is 0.499. The monoisotopic (exact) mass is 288 g/mol. The molecule has 0 bridgehead atoms. The summed E-state index contributed by atoms with van der Waals surface area (Å²) in [6.07, 6.45) is 2.84. The van der Waals surface area contributed by atoms with Crippen molar-refractivity contribution in [2.45, 2.75) is 12.5 Å². The van der Waals surface area contributed by atoms with Gasteiger partial charge in [0.15, 0.2) is 0 Å². The van der Waals surface area contributed by atoms with Crippen LogP contribution >= 0.6 is 0 Å². The number of nitrogens with one attached hydrogen (secondary N) is 1. The zero-order valence-electron chi connectivity index (χ0n) is 12.1. The Morgan fingerprint density at radius 3 is 2.86 bits per heavy atom. The Kier molecular flexibility index (Phi) is 2.39. The standard InChI is InChI=1S/C19H16N2O/c1-2-8-16-15(7-1)20-18(17-9-4-12-22-17)14-6-3-5-13-10-11-21(16)19(13)14/h1-9,12,18,20H,10-11H2. The van der Waals surface area contributed by atoms with E-state index in [2.05, 4.69) is 52.7 Å². The van der Waals surface area contributed by atoms with Crippen molar-refractivity contribution >= 4 is 17.1 Å². The molecule has 1 unspecified atom stereocenters. The maximum atomic E-state index is 5.71. The van der Waals surface area contributed by atoms with Crippen LogP contribution in [0.25, 0.3) is 0 Å². The number of nitrogens with zero attached hydrogens (tertiary/aromatic N) is 1. The first-order chi connectivity index (χ1) is 10.9. The summed E-state index contributed by atoms with van der Waals surface area (Å²) in [6, 6.07) is 19.2. The average molecular weight is 288 g/mol. The van der Waals surface area contributed by atoms with E-state index in [9.17, 15) is 0 Å². The lowest BCUT2D eigenvalue weighted by atomic mass is 9.99. The first kappa shape index (κ1) is 11.9. The van der Waals surface area contributed by atoms with Crippen LogP contribution in [-0.2, 0) is 6.42 Å². The Morgan fingerprint density at radius 2 is 1.95 bits per heavy atom. The summed E-state index contributed by atoms with van der Waals surface area (Å²) < 4.78 is 5.71. The van der Waals surface area contributed by atoms with Gasteiger partial charge in [0.2, 0.25) is 0 Å². The summed E-state index contributed by atoms with van der Waals surface area (Å²) in [5, 5.41) is 3.67. The molecular formula is C19H16N2O. The van der Waals surface area contributed by atoms with Crippen molar-refractivity contribution in [1.82, 2.24) is 0 Å². The number of anilines is 3. The average Bonchev–Trinajstić information content (AvgIpc) is 3.19. The number of fused-ring (bicyclic) bond motifs is 2. The summed E-state index contributed by atoms with van der Waals surface area (Å²) in [7, 11) is 0. The number of rotatable bonds is 1. The van der Waals surface area contributed by atoms with Gasteiger partial charge in [-0.2, -0.15) is 0 Å². The van der Waals surface area contributed by atoms with Crippen molar-refractivity contribution in [1.29, 1.82) is 0 Å². The van der Waals surface area contributed by atoms with Crippen LogP contribution in [0.1, 0.15) is 22.9 Å². The molecule has 3 aromatic rings. The van der Waals surface area contributed by atoms with Crippen LogP contribution in [-0.4, -0.2) is 6.54 Å². The van der Waals surface area contributed by atoms with E-state index in [0.29, 0.717) is 0 Å². The summed E-state index contributed by atoms with van der Waals surface area (Å²) >= 11 is 0. The third-order valence-electron chi connectivity index (χ3n) is 4.66. The van der Waals surface area contributed by atoms with Crippen LogP contribution in [0, 0.1) is 0 Å². The Balaban J connectivity index is 1.80. The van der Waals surface area contributed by atoms with Crippen molar-refractivity contribution in [2.75, 3.05) is 16.8 Å². The van der Waals surface area contributed by atoms with Gasteiger partial charge in [0.1, 0.15) is 11.8 Å². The lowest BCUT2D eigenvalue weighted by Crippen LogP contribution is -2.13. The van der Waals surface area contributed by atoms with Gasteiger partial charge < -0.3 is 14.6 Å². The molecule has 3 nitrogen and oxygen atoms in total. The molecule has 2 aliphatic heterocycles. The number of hydrogen-bond acceptors (Lipinski definition) is 3. The highest BCUT2D eigenvalue weighted by atomic mass is 16.3. The summed E-state index contributed by atoms with van der Waals surface area (Å²) in [5.74, 6) is 0.956. The van der Waals surface area contributed by atoms with E-state index >= 15 is 0 Å². The second-order valence-electron chi connectivity index (χ2n) is 5.87. The van der Waals surface area contributed by atoms with Gasteiger partial charge in [-0.1, -0.05) is 30.3 Å². The molecule has 2 aromatic carbocycles. The van der Waals surface area contributed by atoms with Crippen LogP contribution in [0.4, 0.5) is 17.1 Å². The summed E-state index contributed by atoms with van der Waals surface area (Å²) in [4.78, 5) is 2.44. The molecule has 3 heterocycles. The highest BCUT2D eigenvalue weighted by molar-refractivity contribution is 5.84. The molecule has 5 rings (SSSR count). The second-order valence-corrected chi connectivity index (χ2v) is 5.87. The molecule has 3 heteroatoms. The molecule has 22 heavy (non-hydrogen) atoms. The molecule has 0 radical (unpaired) electrons. The summed E-state index contributed by atoms with van der Waals surface area (Å²) in [5.41, 5.74) is 6.48. The van der Waals surface area contributed by atoms with Gasteiger partial charge in [-0.25, -0.2) is 0 Å². The fraction of sp³-hybridized carbons (Fsp3) is 0.158. The van der Waals surface area contributed by atoms with Crippen LogP contribution in [0.3, 0.4) is 0 Å². The molecule has 0 saturated heterocycles. The third-order valence-corrected chi connectivity index (χ3v) is 4.66. The smallest absolute Gasteiger partial charge is 0.130 e. The van der Waals surface area contributed by atoms with Gasteiger partial charge in [-0.15, -0.1) is 0 Å². The Bertz CT molecular complexity index is 838. The molecule has 0 spiro atoms. The molecule has 2 aliphatic rings. The van der Waals surface area contributed by atoms with E-state index in [1.807, 2.05) is 12.1 Å². The normalized spacial score (nSPS) is 18.4. The predicted molar refractivity (Wildman–Crippen MR) is 87.8 cm³/mol. The Hall–Kier alpha value is -2.68. The fourth-order valence-corrected chi connectivity index (χ4v) is 3.70. The molecular weight excluding hydrogens is 272 g/mol. The van der Waals surface area contributed by atoms with Crippen molar-refractivity contribution in [3.63, 3.8) is 0 Å². The minimum Gasteiger partial charge on any atom is -0.467 e. The number of furan rings is 1. The van der Waals surface area contributed by atoms with Crippen molar-refractivity contribution in [2.24, 2.45) is 0 Å². The van der Waals surface area contributed by atoms with Crippen molar-refractivity contribution in [3.8, 4) is 0 Å². The highest BCUT2D eigenvalue weighted by Gasteiger charge is 2.33. The molecule has 1 N–H and O–H groups in total. The fourth-order valence-electron chi connectivity index (χ4n) is 3.70. The minimum absolute atomic E-state index is 0.0502. The Labute approximate surface area is 129 Å². The molecule has 108 valence electrons. The maximum Gasteiger partial charge on any atom is 0.130 e. The van der Waals surface area contributed by atoms with Gasteiger partial charge in [0.25, 0.3) is 0 Å². The largest absolute Gasteiger partial charge is 0.467 e. The van der Waals surface area contributed by atoms with Gasteiger partial charge in [0.05, 0.1) is 23.3 Å². The topological polar surface area (TPSA) is 28.4 Å². The zero-order chi connectivity index (χ0) is 14.5. The third kappa shape index (κ3) is 1.56. The van der Waals surface area contributed by atoms with E-state index in [4.69, 9.17) is 4.42 Å². The van der Waals surface area contributed by atoms with Gasteiger partial charge in [-0.3, -0.25) is 0 Å². The van der Waals surface area contributed by atoms with Crippen LogP contribution in [0.2, 0.25) is 0 Å². The van der Waals surface area contributed by atoms with E-state index in [1.54, 1.807) is 6.26 Å². The van der Waals surface area contributed by atoms with E-state index < -0.39 is 0 Å². The zero-order valence-corrected chi connectivity index (χ0v) is 12.1. The van der Waals surface area contributed by atoms with E-state index in [-0.39, 0.29) is 6.04 Å².